The Morgan fingerprint density at radius 3 is 2.00 bits per heavy atom. The molecule has 0 heterocycles. The highest BCUT2D eigenvalue weighted by Gasteiger charge is 2.26. The van der Waals surface area contributed by atoms with E-state index in [1.165, 1.54) is 0 Å². The van der Waals surface area contributed by atoms with E-state index in [2.05, 4.69) is 20.8 Å². The minimum absolute atomic E-state index is 0.0275. The average molecular weight is 274 g/mol. The summed E-state index contributed by atoms with van der Waals surface area (Å²) in [6.07, 6.45) is -5.73. The molecule has 0 spiro atoms. The van der Waals surface area contributed by atoms with Crippen LogP contribution in [0.25, 0.3) is 0 Å². The Morgan fingerprint density at radius 1 is 1.05 bits per heavy atom. The Morgan fingerprint density at radius 2 is 1.58 bits per heavy atom. The number of rotatable bonds is 4. The van der Waals surface area contributed by atoms with Crippen LogP contribution in [0.1, 0.15) is 57.3 Å². The fourth-order valence-corrected chi connectivity index (χ4v) is 1.87. The van der Waals surface area contributed by atoms with Crippen LogP contribution in [0.3, 0.4) is 0 Å². The van der Waals surface area contributed by atoms with Gasteiger partial charge in [-0.25, -0.2) is 0 Å². The molecule has 1 atom stereocenters. The summed E-state index contributed by atoms with van der Waals surface area (Å²) < 4.78 is 36.0. The topological polar surface area (TPSA) is 20.2 Å². The van der Waals surface area contributed by atoms with E-state index in [9.17, 15) is 18.3 Å². The van der Waals surface area contributed by atoms with E-state index in [-0.39, 0.29) is 18.3 Å². The van der Waals surface area contributed by atoms with Gasteiger partial charge in [0, 0.05) is 6.42 Å². The van der Waals surface area contributed by atoms with Crippen molar-refractivity contribution < 1.29 is 18.3 Å². The van der Waals surface area contributed by atoms with Gasteiger partial charge in [-0.15, -0.1) is 0 Å². The number of halogens is 3. The molecule has 0 amide bonds. The normalized spacial score (nSPS) is 14.5. The molecule has 0 radical (unpaired) electrons. The molecule has 1 unspecified atom stereocenters. The van der Waals surface area contributed by atoms with Crippen molar-refractivity contribution in [1.82, 2.24) is 0 Å². The third-order valence-electron chi connectivity index (χ3n) is 3.10. The zero-order valence-corrected chi connectivity index (χ0v) is 11.6. The van der Waals surface area contributed by atoms with Crippen molar-refractivity contribution in [2.45, 2.75) is 57.7 Å². The van der Waals surface area contributed by atoms with Gasteiger partial charge in [0.05, 0.1) is 6.10 Å². The maximum atomic E-state index is 12.0. The van der Waals surface area contributed by atoms with Gasteiger partial charge >= 0.3 is 6.18 Å². The maximum Gasteiger partial charge on any atom is 0.389 e. The summed E-state index contributed by atoms with van der Waals surface area (Å²) in [4.78, 5) is 0. The van der Waals surface area contributed by atoms with Gasteiger partial charge in [0.15, 0.2) is 0 Å². The first kappa shape index (κ1) is 16.0. The van der Waals surface area contributed by atoms with E-state index in [1.54, 1.807) is 12.1 Å². The van der Waals surface area contributed by atoms with Gasteiger partial charge in [0.2, 0.25) is 0 Å². The van der Waals surface area contributed by atoms with Gasteiger partial charge in [-0.2, -0.15) is 13.2 Å². The molecule has 1 N–H and O–H groups in total. The summed E-state index contributed by atoms with van der Waals surface area (Å²) in [7, 11) is 0. The molecule has 19 heavy (non-hydrogen) atoms. The molecule has 4 heteroatoms. The summed E-state index contributed by atoms with van der Waals surface area (Å²) in [5, 5.41) is 9.84. The van der Waals surface area contributed by atoms with E-state index < -0.39 is 18.7 Å². The predicted octanol–water partition coefficient (Wildman–Crippen LogP) is 4.75. The predicted molar refractivity (Wildman–Crippen MR) is 70.0 cm³/mol. The Labute approximate surface area is 112 Å². The van der Waals surface area contributed by atoms with Crippen molar-refractivity contribution in [3.63, 3.8) is 0 Å². The van der Waals surface area contributed by atoms with E-state index in [0.717, 1.165) is 5.56 Å². The number of aliphatic hydroxyl groups excluding tert-OH is 1. The largest absolute Gasteiger partial charge is 0.389 e. The van der Waals surface area contributed by atoms with Crippen LogP contribution in [0.15, 0.2) is 24.3 Å². The van der Waals surface area contributed by atoms with Crippen LogP contribution in [0.2, 0.25) is 0 Å². The molecule has 0 aliphatic carbocycles. The summed E-state index contributed by atoms with van der Waals surface area (Å²) in [6.45, 7) is 6.26. The van der Waals surface area contributed by atoms with Crippen molar-refractivity contribution >= 4 is 0 Å². The van der Waals surface area contributed by atoms with Crippen LogP contribution in [-0.2, 0) is 5.41 Å². The fourth-order valence-electron chi connectivity index (χ4n) is 1.87. The van der Waals surface area contributed by atoms with Gasteiger partial charge < -0.3 is 5.11 Å². The quantitative estimate of drug-likeness (QED) is 0.840. The summed E-state index contributed by atoms with van der Waals surface area (Å²) >= 11 is 0. The third kappa shape index (κ3) is 5.64. The Balaban J connectivity index is 2.56. The molecular formula is C15H21F3O. The van der Waals surface area contributed by atoms with Crippen LogP contribution < -0.4 is 0 Å². The Bertz CT molecular complexity index is 387. The van der Waals surface area contributed by atoms with Crippen LogP contribution in [0.5, 0.6) is 0 Å². The third-order valence-corrected chi connectivity index (χ3v) is 3.10. The number of hydrogen-bond donors (Lipinski definition) is 1. The first-order chi connectivity index (χ1) is 8.59. The molecule has 0 fully saturated rings. The van der Waals surface area contributed by atoms with Gasteiger partial charge in [-0.05, 0) is 29.4 Å². The summed E-state index contributed by atoms with van der Waals surface area (Å²) in [5.74, 6) is 0. The van der Waals surface area contributed by atoms with E-state index in [0.29, 0.717) is 5.56 Å². The van der Waals surface area contributed by atoms with Crippen molar-refractivity contribution in [2.75, 3.05) is 0 Å². The van der Waals surface area contributed by atoms with Crippen molar-refractivity contribution in [3.8, 4) is 0 Å². The molecule has 1 aromatic carbocycles. The lowest BCUT2D eigenvalue weighted by Gasteiger charge is -2.20. The zero-order valence-electron chi connectivity index (χ0n) is 11.6. The molecule has 1 rings (SSSR count). The van der Waals surface area contributed by atoms with E-state index >= 15 is 0 Å². The first-order valence-corrected chi connectivity index (χ1v) is 6.45. The van der Waals surface area contributed by atoms with Crippen LogP contribution in [0.4, 0.5) is 13.2 Å². The maximum absolute atomic E-state index is 12.0. The monoisotopic (exact) mass is 274 g/mol. The zero-order chi connectivity index (χ0) is 14.7. The van der Waals surface area contributed by atoms with Crippen molar-refractivity contribution in [3.05, 3.63) is 35.4 Å². The van der Waals surface area contributed by atoms with Gasteiger partial charge in [-0.1, -0.05) is 45.0 Å². The molecule has 1 aromatic rings. The second-order valence-corrected chi connectivity index (χ2v) is 5.90. The van der Waals surface area contributed by atoms with Gasteiger partial charge in [-0.3, -0.25) is 0 Å². The molecule has 1 nitrogen and oxygen atoms in total. The van der Waals surface area contributed by atoms with Crippen molar-refractivity contribution in [1.29, 1.82) is 0 Å². The second kappa shape index (κ2) is 5.95. The molecule has 0 saturated carbocycles. The fraction of sp³-hybridized carbons (Fsp3) is 0.600. The van der Waals surface area contributed by atoms with Gasteiger partial charge in [0.1, 0.15) is 0 Å². The number of benzene rings is 1. The average Bonchev–Trinajstić information content (AvgIpc) is 2.26. The lowest BCUT2D eigenvalue weighted by Crippen LogP contribution is -2.11. The molecular weight excluding hydrogens is 253 g/mol. The molecule has 108 valence electrons. The highest BCUT2D eigenvalue weighted by molar-refractivity contribution is 5.28. The standard InChI is InChI=1S/C15H21F3O/c1-14(2,3)12-8-6-11(7-9-12)13(19)5-4-10-15(16,17)18/h6-9,13,19H,4-5,10H2,1-3H3. The Kier molecular flexibility index (Phi) is 5.02. The molecule has 0 aliphatic rings. The first-order valence-electron chi connectivity index (χ1n) is 6.45. The number of aliphatic hydroxyl groups is 1. The summed E-state index contributed by atoms with van der Waals surface area (Å²) in [5.41, 5.74) is 1.84. The summed E-state index contributed by atoms with van der Waals surface area (Å²) in [6, 6.07) is 7.42. The molecule has 0 aliphatic heterocycles. The lowest BCUT2D eigenvalue weighted by atomic mass is 9.86. The van der Waals surface area contributed by atoms with Crippen LogP contribution in [0, 0.1) is 0 Å². The highest BCUT2D eigenvalue weighted by Crippen LogP contribution is 2.28. The lowest BCUT2D eigenvalue weighted by molar-refractivity contribution is -0.136. The Hall–Kier alpha value is -1.03. The van der Waals surface area contributed by atoms with Crippen molar-refractivity contribution in [2.24, 2.45) is 0 Å². The molecule has 0 aromatic heterocycles. The van der Waals surface area contributed by atoms with Crippen LogP contribution >= 0.6 is 0 Å². The molecule has 0 bridgehead atoms. The number of hydrogen-bond acceptors (Lipinski definition) is 1. The van der Waals surface area contributed by atoms with E-state index in [1.807, 2.05) is 12.1 Å². The SMILES string of the molecule is CC(C)(C)c1ccc(C(O)CCCC(F)(F)F)cc1. The van der Waals surface area contributed by atoms with Gasteiger partial charge in [0.25, 0.3) is 0 Å². The van der Waals surface area contributed by atoms with Crippen LogP contribution in [-0.4, -0.2) is 11.3 Å². The molecule has 0 saturated heterocycles. The highest BCUT2D eigenvalue weighted by atomic mass is 19.4. The number of alkyl halides is 3. The minimum atomic E-state index is -4.14. The smallest absolute Gasteiger partial charge is 0.388 e. The minimum Gasteiger partial charge on any atom is -0.388 e. The van der Waals surface area contributed by atoms with E-state index in [4.69, 9.17) is 0 Å². The second-order valence-electron chi connectivity index (χ2n) is 5.90.